The minimum Gasteiger partial charge on any atom is -0.381 e. The molecule has 3 heterocycles. The van der Waals surface area contributed by atoms with Crippen LogP contribution in [0.3, 0.4) is 0 Å². The summed E-state index contributed by atoms with van der Waals surface area (Å²) in [5, 5.41) is 8.26. The molecule has 26 heavy (non-hydrogen) atoms. The third kappa shape index (κ3) is 4.92. The number of amides is 1. The minimum absolute atomic E-state index is 0.0227. The quantitative estimate of drug-likeness (QED) is 0.762. The van der Waals surface area contributed by atoms with Crippen molar-refractivity contribution in [3.8, 4) is 0 Å². The second-order valence-corrected chi connectivity index (χ2v) is 7.86. The van der Waals surface area contributed by atoms with Crippen LogP contribution in [0.15, 0.2) is 10.7 Å². The van der Waals surface area contributed by atoms with Gasteiger partial charge in [0.1, 0.15) is 10.6 Å². The smallest absolute Gasteiger partial charge is 0.263 e. The van der Waals surface area contributed by atoms with E-state index in [-0.39, 0.29) is 11.9 Å². The molecule has 1 aliphatic rings. The topological polar surface area (TPSA) is 77.2 Å². The van der Waals surface area contributed by atoms with Gasteiger partial charge in [-0.2, -0.15) is 0 Å². The average molecular weight is 378 g/mol. The van der Waals surface area contributed by atoms with Crippen LogP contribution in [0.1, 0.15) is 64.3 Å². The molecule has 1 fully saturated rings. The summed E-state index contributed by atoms with van der Waals surface area (Å²) < 4.78 is 10.7. The van der Waals surface area contributed by atoms with Crippen molar-refractivity contribution >= 4 is 17.2 Å². The minimum atomic E-state index is -0.0227. The van der Waals surface area contributed by atoms with Crippen molar-refractivity contribution in [3.05, 3.63) is 33.1 Å². The van der Waals surface area contributed by atoms with Crippen LogP contribution in [0.5, 0.6) is 0 Å². The van der Waals surface area contributed by atoms with Gasteiger partial charge in [-0.1, -0.05) is 18.5 Å². The normalized spacial score (nSPS) is 15.3. The van der Waals surface area contributed by atoms with E-state index in [2.05, 4.69) is 22.4 Å². The van der Waals surface area contributed by atoms with E-state index in [1.165, 1.54) is 16.9 Å². The molecule has 0 spiro atoms. The molecule has 0 aromatic carbocycles. The maximum absolute atomic E-state index is 12.4. The highest BCUT2D eigenvalue weighted by atomic mass is 32.1. The van der Waals surface area contributed by atoms with Crippen LogP contribution in [-0.2, 0) is 24.0 Å². The molecule has 1 N–H and O–H groups in total. The highest BCUT2D eigenvalue weighted by Crippen LogP contribution is 2.21. The molecule has 0 bridgehead atoms. The highest BCUT2D eigenvalue weighted by Gasteiger charge is 2.19. The first-order valence-corrected chi connectivity index (χ1v) is 10.3. The predicted molar refractivity (Wildman–Crippen MR) is 101 cm³/mol. The van der Waals surface area contributed by atoms with E-state index in [1.807, 2.05) is 6.92 Å². The lowest BCUT2D eigenvalue weighted by Crippen LogP contribution is -2.38. The van der Waals surface area contributed by atoms with Crippen LogP contribution in [-0.4, -0.2) is 35.3 Å². The zero-order valence-electron chi connectivity index (χ0n) is 15.5. The number of hydrogen-bond donors (Lipinski definition) is 1. The van der Waals surface area contributed by atoms with Gasteiger partial charge in [-0.05, 0) is 39.0 Å². The molecule has 2 aromatic rings. The Morgan fingerprint density at radius 3 is 2.88 bits per heavy atom. The first-order valence-electron chi connectivity index (χ1n) is 9.44. The molecule has 0 unspecified atom stereocenters. The fraction of sp³-hybridized carbons (Fsp3) is 0.632. The Labute approximate surface area is 158 Å². The van der Waals surface area contributed by atoms with Crippen LogP contribution >= 0.6 is 11.3 Å². The van der Waals surface area contributed by atoms with E-state index >= 15 is 0 Å². The Bertz CT molecular complexity index is 719. The number of nitrogens with one attached hydrogen (secondary N) is 1. The zero-order valence-corrected chi connectivity index (χ0v) is 16.4. The summed E-state index contributed by atoms with van der Waals surface area (Å²) in [6.07, 6.45) is 8.32. The van der Waals surface area contributed by atoms with Gasteiger partial charge in [-0.3, -0.25) is 4.79 Å². The number of nitrogens with zero attached hydrogens (tertiary/aromatic N) is 2. The summed E-state index contributed by atoms with van der Waals surface area (Å²) >= 11 is 1.48. The summed E-state index contributed by atoms with van der Waals surface area (Å²) in [4.78, 5) is 17.5. The SMILES string of the molecule is CCCCc1noc(C)c1CCc1ncc(C(=O)NC2CCOCC2)s1. The number of thiazole rings is 1. The molecule has 142 valence electrons. The average Bonchev–Trinajstić information content (AvgIpc) is 3.26. The number of rotatable bonds is 8. The van der Waals surface area contributed by atoms with Crippen molar-refractivity contribution in [2.75, 3.05) is 13.2 Å². The molecule has 0 aliphatic carbocycles. The number of hydrogen-bond acceptors (Lipinski definition) is 6. The van der Waals surface area contributed by atoms with Gasteiger partial charge < -0.3 is 14.6 Å². The van der Waals surface area contributed by atoms with Crippen molar-refractivity contribution in [2.24, 2.45) is 0 Å². The van der Waals surface area contributed by atoms with E-state index in [1.54, 1.807) is 6.20 Å². The third-order valence-electron chi connectivity index (χ3n) is 4.76. The number of unbranched alkanes of at least 4 members (excludes halogenated alkanes) is 1. The summed E-state index contributed by atoms with van der Waals surface area (Å²) in [6, 6.07) is 0.211. The molecule has 2 aromatic heterocycles. The highest BCUT2D eigenvalue weighted by molar-refractivity contribution is 7.13. The van der Waals surface area contributed by atoms with Crippen LogP contribution in [0.25, 0.3) is 0 Å². The zero-order chi connectivity index (χ0) is 18.4. The molecule has 1 saturated heterocycles. The van der Waals surface area contributed by atoms with E-state index < -0.39 is 0 Å². The fourth-order valence-electron chi connectivity index (χ4n) is 3.16. The molecule has 0 radical (unpaired) electrons. The monoisotopic (exact) mass is 377 g/mol. The first-order chi connectivity index (χ1) is 12.7. The van der Waals surface area contributed by atoms with Crippen LogP contribution in [0.2, 0.25) is 0 Å². The lowest BCUT2D eigenvalue weighted by molar-refractivity contribution is 0.0698. The van der Waals surface area contributed by atoms with E-state index in [9.17, 15) is 4.79 Å². The maximum atomic E-state index is 12.4. The summed E-state index contributed by atoms with van der Waals surface area (Å²) in [5.41, 5.74) is 2.26. The fourth-order valence-corrected chi connectivity index (χ4v) is 3.98. The molecular formula is C19H27N3O3S. The summed E-state index contributed by atoms with van der Waals surface area (Å²) in [6.45, 7) is 5.58. The van der Waals surface area contributed by atoms with Crippen molar-refractivity contribution in [3.63, 3.8) is 0 Å². The number of aromatic nitrogens is 2. The van der Waals surface area contributed by atoms with E-state index in [4.69, 9.17) is 9.26 Å². The first kappa shape index (κ1) is 19.0. The lowest BCUT2D eigenvalue weighted by Gasteiger charge is -2.22. The second-order valence-electron chi connectivity index (χ2n) is 6.75. The standard InChI is InChI=1S/C19H27N3O3S/c1-3-4-5-16-15(13(2)25-22-16)6-7-18-20-12-17(26-18)19(23)21-14-8-10-24-11-9-14/h12,14H,3-11H2,1-2H3,(H,21,23). The van der Waals surface area contributed by atoms with Crippen molar-refractivity contribution in [1.82, 2.24) is 15.5 Å². The molecule has 1 aliphatic heterocycles. The van der Waals surface area contributed by atoms with Crippen molar-refractivity contribution in [1.29, 1.82) is 0 Å². The van der Waals surface area contributed by atoms with Gasteiger partial charge in [0.05, 0.1) is 16.9 Å². The molecule has 1 amide bonds. The molecule has 0 atom stereocenters. The number of carbonyl (C=O) groups is 1. The Kier molecular flexibility index (Phi) is 6.80. The largest absolute Gasteiger partial charge is 0.381 e. The van der Waals surface area contributed by atoms with Gasteiger partial charge in [0.25, 0.3) is 5.91 Å². The molecule has 0 saturated carbocycles. The Hall–Kier alpha value is -1.73. The predicted octanol–water partition coefficient (Wildman–Crippen LogP) is 3.48. The van der Waals surface area contributed by atoms with Gasteiger partial charge in [0, 0.05) is 31.2 Å². The lowest BCUT2D eigenvalue weighted by atomic mass is 10.0. The molecule has 3 rings (SSSR count). The molecule has 7 heteroatoms. The molecule has 6 nitrogen and oxygen atoms in total. The van der Waals surface area contributed by atoms with Gasteiger partial charge in [0.2, 0.25) is 0 Å². The Morgan fingerprint density at radius 2 is 2.12 bits per heavy atom. The van der Waals surface area contributed by atoms with Crippen LogP contribution in [0, 0.1) is 6.92 Å². The third-order valence-corrected chi connectivity index (χ3v) is 5.81. The molecular weight excluding hydrogens is 350 g/mol. The van der Waals surface area contributed by atoms with E-state index in [0.29, 0.717) is 4.88 Å². The van der Waals surface area contributed by atoms with Gasteiger partial charge in [-0.25, -0.2) is 4.98 Å². The van der Waals surface area contributed by atoms with Crippen molar-refractivity contribution in [2.45, 2.75) is 64.8 Å². The van der Waals surface area contributed by atoms with Crippen molar-refractivity contribution < 1.29 is 14.1 Å². The van der Waals surface area contributed by atoms with E-state index in [0.717, 1.165) is 74.6 Å². The van der Waals surface area contributed by atoms with Crippen LogP contribution in [0.4, 0.5) is 0 Å². The summed E-state index contributed by atoms with van der Waals surface area (Å²) in [5.74, 6) is 0.871. The Morgan fingerprint density at radius 1 is 1.31 bits per heavy atom. The van der Waals surface area contributed by atoms with Gasteiger partial charge in [0.15, 0.2) is 0 Å². The van der Waals surface area contributed by atoms with Gasteiger partial charge >= 0.3 is 0 Å². The second kappa shape index (κ2) is 9.28. The maximum Gasteiger partial charge on any atom is 0.263 e. The summed E-state index contributed by atoms with van der Waals surface area (Å²) in [7, 11) is 0. The van der Waals surface area contributed by atoms with Gasteiger partial charge in [-0.15, -0.1) is 11.3 Å². The number of aryl methyl sites for hydroxylation is 3. The number of ether oxygens (including phenoxy) is 1. The number of carbonyl (C=O) groups excluding carboxylic acids is 1. The van der Waals surface area contributed by atoms with Crippen LogP contribution < -0.4 is 5.32 Å². The Balaban J connectivity index is 1.55.